The van der Waals surface area contributed by atoms with Crippen LogP contribution in [0.25, 0.3) is 11.5 Å². The minimum atomic E-state index is 0.619. The maximum atomic E-state index is 6.17. The topological polar surface area (TPSA) is 72.9 Å². The Morgan fingerprint density at radius 2 is 1.94 bits per heavy atom. The van der Waals surface area contributed by atoms with Crippen LogP contribution in [0.2, 0.25) is 0 Å². The quantitative estimate of drug-likeness (QED) is 0.851. The number of nitrogens with zero attached hydrogens (tertiary/aromatic N) is 5. The van der Waals surface area contributed by atoms with E-state index in [4.69, 9.17) is 5.73 Å². The molecule has 0 fully saturated rings. The summed E-state index contributed by atoms with van der Waals surface area (Å²) in [5.74, 6) is 2.16. The Labute approximate surface area is 101 Å². The van der Waals surface area contributed by atoms with E-state index >= 15 is 0 Å². The third-order valence-electron chi connectivity index (χ3n) is 2.86. The molecule has 0 amide bonds. The fraction of sp³-hybridized carbons (Fsp3) is 0.545. The molecular weight excluding hydrogens is 216 g/mol. The fourth-order valence-electron chi connectivity index (χ4n) is 1.98. The highest BCUT2D eigenvalue weighted by Gasteiger charge is 2.19. The molecule has 0 aromatic carbocycles. The summed E-state index contributed by atoms with van der Waals surface area (Å²) in [5, 5.41) is 2.13. The molecule has 92 valence electrons. The molecule has 0 radical (unpaired) electrons. The van der Waals surface area contributed by atoms with Crippen LogP contribution in [0.4, 0.5) is 5.82 Å². The molecule has 0 atom stereocenters. The van der Waals surface area contributed by atoms with E-state index in [1.165, 1.54) is 6.33 Å². The lowest BCUT2D eigenvalue weighted by molar-refractivity contribution is 0.583. The fourth-order valence-corrected chi connectivity index (χ4v) is 1.98. The smallest absolute Gasteiger partial charge is 0.185 e. The van der Waals surface area contributed by atoms with Crippen molar-refractivity contribution in [2.45, 2.75) is 27.2 Å². The molecule has 2 rings (SSSR count). The van der Waals surface area contributed by atoms with Crippen LogP contribution < -0.4 is 10.7 Å². The molecule has 0 aromatic rings. The largest absolute Gasteiger partial charge is 0.382 e. The average molecular weight is 234 g/mol. The van der Waals surface area contributed by atoms with Gasteiger partial charge in [-0.15, -0.1) is 0 Å². The third-order valence-corrected chi connectivity index (χ3v) is 2.86. The highest BCUT2D eigenvalue weighted by molar-refractivity contribution is 5.65. The molecule has 2 aliphatic rings. The monoisotopic (exact) mass is 234 g/mol. The van der Waals surface area contributed by atoms with Gasteiger partial charge in [-0.2, -0.15) is 0 Å². The zero-order valence-corrected chi connectivity index (χ0v) is 10.5. The van der Waals surface area contributed by atoms with Crippen LogP contribution in [0, 0.1) is 0 Å². The van der Waals surface area contributed by atoms with Crippen molar-refractivity contribution in [1.82, 2.24) is 19.6 Å². The SMILES string of the molecule is CCc1nc2ncnc-2c(N)n1N(CC)CC. The number of hydrogen-bond donors (Lipinski definition) is 1. The lowest BCUT2D eigenvalue weighted by atomic mass is 10.3. The maximum Gasteiger partial charge on any atom is 0.185 e. The van der Waals surface area contributed by atoms with Gasteiger partial charge in [0.15, 0.2) is 17.3 Å². The van der Waals surface area contributed by atoms with Gasteiger partial charge in [-0.25, -0.2) is 19.6 Å². The molecule has 0 unspecified atom stereocenters. The van der Waals surface area contributed by atoms with E-state index in [-0.39, 0.29) is 0 Å². The van der Waals surface area contributed by atoms with Gasteiger partial charge in [-0.1, -0.05) is 6.92 Å². The van der Waals surface area contributed by atoms with Crippen molar-refractivity contribution >= 4 is 5.82 Å². The number of aryl methyl sites for hydroxylation is 1. The van der Waals surface area contributed by atoms with Crippen LogP contribution in [0.15, 0.2) is 6.33 Å². The predicted molar refractivity (Wildman–Crippen MR) is 67.5 cm³/mol. The summed E-state index contributed by atoms with van der Waals surface area (Å²) in [7, 11) is 0. The molecule has 2 aliphatic heterocycles. The van der Waals surface area contributed by atoms with Crippen LogP contribution in [0.1, 0.15) is 26.6 Å². The summed E-state index contributed by atoms with van der Waals surface area (Å²) in [6.45, 7) is 8.00. The Balaban J connectivity index is 2.66. The molecule has 2 heterocycles. The Morgan fingerprint density at radius 3 is 2.53 bits per heavy atom. The summed E-state index contributed by atoms with van der Waals surface area (Å²) in [6.07, 6.45) is 2.31. The molecule has 0 aromatic heterocycles. The number of anilines is 1. The van der Waals surface area contributed by atoms with Crippen molar-refractivity contribution in [2.75, 3.05) is 23.8 Å². The molecule has 6 nitrogen and oxygen atoms in total. The summed E-state index contributed by atoms with van der Waals surface area (Å²) in [6, 6.07) is 0. The van der Waals surface area contributed by atoms with Crippen molar-refractivity contribution in [2.24, 2.45) is 0 Å². The number of aromatic nitrogens is 4. The van der Waals surface area contributed by atoms with Crippen molar-refractivity contribution in [3.63, 3.8) is 0 Å². The normalized spacial score (nSPS) is 11.0. The minimum Gasteiger partial charge on any atom is -0.382 e. The highest BCUT2D eigenvalue weighted by Crippen LogP contribution is 2.23. The predicted octanol–water partition coefficient (Wildman–Crippen LogP) is 0.900. The molecule has 6 heteroatoms. The van der Waals surface area contributed by atoms with Gasteiger partial charge >= 0.3 is 0 Å². The third kappa shape index (κ3) is 1.79. The molecule has 2 N–H and O–H groups in total. The maximum absolute atomic E-state index is 6.17. The van der Waals surface area contributed by atoms with E-state index in [2.05, 4.69) is 40.7 Å². The van der Waals surface area contributed by atoms with E-state index < -0.39 is 0 Å². The molecule has 0 aliphatic carbocycles. The zero-order chi connectivity index (χ0) is 12.4. The van der Waals surface area contributed by atoms with E-state index in [1.54, 1.807) is 0 Å². The van der Waals surface area contributed by atoms with Crippen molar-refractivity contribution in [3.05, 3.63) is 12.2 Å². The van der Waals surface area contributed by atoms with E-state index in [0.717, 1.165) is 25.3 Å². The molecule has 17 heavy (non-hydrogen) atoms. The van der Waals surface area contributed by atoms with E-state index in [9.17, 15) is 0 Å². The van der Waals surface area contributed by atoms with Gasteiger partial charge in [0.05, 0.1) is 0 Å². The lowest BCUT2D eigenvalue weighted by Crippen LogP contribution is -2.38. The standard InChI is InChI=1S/C11H18N6/c1-4-8-15-11-9(13-7-14-11)10(12)17(8)16(5-2)6-3/h7H,4-6,12H2,1-3H3. The van der Waals surface area contributed by atoms with Gasteiger partial charge in [0.2, 0.25) is 0 Å². The van der Waals surface area contributed by atoms with Crippen molar-refractivity contribution in [1.29, 1.82) is 0 Å². The first-order chi connectivity index (χ1) is 8.22. The van der Waals surface area contributed by atoms with Gasteiger partial charge in [0, 0.05) is 19.5 Å². The first kappa shape index (κ1) is 11.6. The molecule has 0 saturated carbocycles. The van der Waals surface area contributed by atoms with Crippen molar-refractivity contribution < 1.29 is 0 Å². The van der Waals surface area contributed by atoms with Crippen LogP contribution >= 0.6 is 0 Å². The second kappa shape index (κ2) is 4.57. The molecule has 0 spiro atoms. The number of imidazole rings is 1. The Hall–Kier alpha value is -1.85. The van der Waals surface area contributed by atoms with Crippen LogP contribution in [0.3, 0.4) is 0 Å². The summed E-state index contributed by atoms with van der Waals surface area (Å²) >= 11 is 0. The van der Waals surface area contributed by atoms with Gasteiger partial charge in [0.25, 0.3) is 0 Å². The number of nitrogen functional groups attached to an aromatic ring is 1. The van der Waals surface area contributed by atoms with Gasteiger partial charge in [0.1, 0.15) is 12.2 Å². The Kier molecular flexibility index (Phi) is 3.12. The first-order valence-corrected chi connectivity index (χ1v) is 5.95. The van der Waals surface area contributed by atoms with Crippen LogP contribution in [-0.2, 0) is 6.42 Å². The molecule has 0 saturated heterocycles. The highest BCUT2D eigenvalue weighted by atomic mass is 15.6. The van der Waals surface area contributed by atoms with Gasteiger partial charge in [-0.05, 0) is 13.8 Å². The number of nitrogens with two attached hydrogens (primary N) is 1. The van der Waals surface area contributed by atoms with Crippen LogP contribution in [-0.4, -0.2) is 32.7 Å². The summed E-state index contributed by atoms with van der Waals surface area (Å²) in [4.78, 5) is 12.8. The first-order valence-electron chi connectivity index (χ1n) is 5.95. The summed E-state index contributed by atoms with van der Waals surface area (Å²) in [5.41, 5.74) is 6.85. The summed E-state index contributed by atoms with van der Waals surface area (Å²) < 4.78 is 1.96. The second-order valence-corrected chi connectivity index (χ2v) is 3.76. The zero-order valence-electron chi connectivity index (χ0n) is 10.5. The van der Waals surface area contributed by atoms with Gasteiger partial charge in [-0.3, -0.25) is 0 Å². The van der Waals surface area contributed by atoms with Gasteiger partial charge < -0.3 is 10.7 Å². The van der Waals surface area contributed by atoms with E-state index in [1.807, 2.05) is 4.68 Å². The second-order valence-electron chi connectivity index (χ2n) is 3.76. The molecular formula is C11H18N6. The number of hydrogen-bond acceptors (Lipinski definition) is 5. The molecule has 0 bridgehead atoms. The Bertz CT molecular complexity index is 473. The Morgan fingerprint density at radius 1 is 1.24 bits per heavy atom. The van der Waals surface area contributed by atoms with Crippen LogP contribution in [0.5, 0.6) is 0 Å². The minimum absolute atomic E-state index is 0.619. The number of fused-ring (bicyclic) bond motifs is 1. The number of rotatable bonds is 4. The average Bonchev–Trinajstić information content (AvgIpc) is 2.81. The lowest BCUT2D eigenvalue weighted by Gasteiger charge is -2.28. The van der Waals surface area contributed by atoms with E-state index in [0.29, 0.717) is 17.3 Å². The van der Waals surface area contributed by atoms with Crippen molar-refractivity contribution in [3.8, 4) is 11.5 Å².